The van der Waals surface area contributed by atoms with Crippen LogP contribution in [0.4, 0.5) is 0 Å². The maximum atomic E-state index is 12.2. The van der Waals surface area contributed by atoms with Gasteiger partial charge < -0.3 is 14.4 Å². The van der Waals surface area contributed by atoms with Crippen molar-refractivity contribution in [1.29, 1.82) is 5.26 Å². The van der Waals surface area contributed by atoms with Gasteiger partial charge in [-0.3, -0.25) is 9.59 Å². The second-order valence-electron chi connectivity index (χ2n) is 4.91. The average Bonchev–Trinajstić information content (AvgIpc) is 2.39. The molecule has 0 saturated carbocycles. The van der Waals surface area contributed by atoms with Gasteiger partial charge in [0.15, 0.2) is 0 Å². The molecule has 1 heterocycles. The van der Waals surface area contributed by atoms with Crippen molar-refractivity contribution in [3.05, 3.63) is 0 Å². The lowest BCUT2D eigenvalue weighted by molar-refractivity contribution is -0.151. The third-order valence-electron chi connectivity index (χ3n) is 3.14. The maximum absolute atomic E-state index is 12.2. The SMILES string of the molecule is COC(=O)CC1CN(C(=O)C(C#N)C(C)C)CCO1. The zero-order chi connectivity index (χ0) is 14.4. The number of esters is 1. The molecular weight excluding hydrogens is 248 g/mol. The van der Waals surface area contributed by atoms with Crippen LogP contribution in [-0.2, 0) is 19.1 Å². The molecule has 0 spiro atoms. The highest BCUT2D eigenvalue weighted by atomic mass is 16.5. The normalized spacial score (nSPS) is 20.8. The molecule has 2 unspecified atom stereocenters. The zero-order valence-corrected chi connectivity index (χ0v) is 11.6. The van der Waals surface area contributed by atoms with Gasteiger partial charge in [-0.2, -0.15) is 5.26 Å². The monoisotopic (exact) mass is 268 g/mol. The lowest BCUT2D eigenvalue weighted by Crippen LogP contribution is -2.48. The Kier molecular flexibility index (Phi) is 5.77. The van der Waals surface area contributed by atoms with Gasteiger partial charge in [0, 0.05) is 13.1 Å². The first-order chi connectivity index (χ1) is 8.99. The van der Waals surface area contributed by atoms with Gasteiger partial charge >= 0.3 is 5.97 Å². The summed E-state index contributed by atoms with van der Waals surface area (Å²) < 4.78 is 10.0. The zero-order valence-electron chi connectivity index (χ0n) is 11.6. The van der Waals surface area contributed by atoms with Crippen LogP contribution in [0, 0.1) is 23.2 Å². The Hall–Kier alpha value is -1.61. The third-order valence-corrected chi connectivity index (χ3v) is 3.14. The van der Waals surface area contributed by atoms with Gasteiger partial charge in [0.1, 0.15) is 5.92 Å². The second-order valence-corrected chi connectivity index (χ2v) is 4.91. The van der Waals surface area contributed by atoms with Crippen LogP contribution in [0.5, 0.6) is 0 Å². The van der Waals surface area contributed by atoms with Crippen LogP contribution in [-0.4, -0.2) is 49.7 Å². The van der Waals surface area contributed by atoms with Crippen molar-refractivity contribution < 1.29 is 19.1 Å². The standard InChI is InChI=1S/C13H20N2O4/c1-9(2)11(7-14)13(17)15-4-5-19-10(8-15)6-12(16)18-3/h9-11H,4-6,8H2,1-3H3. The minimum atomic E-state index is -0.642. The summed E-state index contributed by atoms with van der Waals surface area (Å²) in [6.45, 7) is 4.86. The number of methoxy groups -OCH3 is 1. The Bertz CT molecular complexity index is 375. The van der Waals surface area contributed by atoms with Crippen molar-refractivity contribution in [3.63, 3.8) is 0 Å². The first-order valence-electron chi connectivity index (χ1n) is 6.36. The fourth-order valence-electron chi connectivity index (χ4n) is 2.00. The van der Waals surface area contributed by atoms with Gasteiger partial charge in [0.05, 0.1) is 32.3 Å². The van der Waals surface area contributed by atoms with E-state index in [0.717, 1.165) is 0 Å². The van der Waals surface area contributed by atoms with Gasteiger partial charge in [0.2, 0.25) is 5.91 Å². The van der Waals surface area contributed by atoms with E-state index in [2.05, 4.69) is 4.74 Å². The summed E-state index contributed by atoms with van der Waals surface area (Å²) in [6, 6.07) is 2.04. The maximum Gasteiger partial charge on any atom is 0.308 e. The quantitative estimate of drug-likeness (QED) is 0.696. The highest BCUT2D eigenvalue weighted by Crippen LogP contribution is 2.17. The Morgan fingerprint density at radius 1 is 1.53 bits per heavy atom. The Labute approximate surface area is 113 Å². The van der Waals surface area contributed by atoms with E-state index in [9.17, 15) is 9.59 Å². The number of amides is 1. The van der Waals surface area contributed by atoms with E-state index >= 15 is 0 Å². The Balaban J connectivity index is 2.61. The molecule has 19 heavy (non-hydrogen) atoms. The third kappa shape index (κ3) is 4.21. The number of hydrogen-bond acceptors (Lipinski definition) is 5. The topological polar surface area (TPSA) is 79.6 Å². The number of nitrogens with zero attached hydrogens (tertiary/aromatic N) is 2. The molecule has 0 aromatic heterocycles. The molecule has 0 bridgehead atoms. The molecule has 6 heteroatoms. The predicted octanol–water partition coefficient (Wildman–Crippen LogP) is 0.573. The molecule has 0 aromatic rings. The minimum absolute atomic E-state index is 0.0283. The molecule has 1 fully saturated rings. The van der Waals surface area contributed by atoms with Crippen molar-refractivity contribution in [2.75, 3.05) is 26.8 Å². The Morgan fingerprint density at radius 2 is 2.21 bits per heavy atom. The molecule has 1 aliphatic rings. The van der Waals surface area contributed by atoms with Crippen LogP contribution in [0.2, 0.25) is 0 Å². The lowest BCUT2D eigenvalue weighted by Gasteiger charge is -2.34. The van der Waals surface area contributed by atoms with Gasteiger partial charge in [-0.05, 0) is 5.92 Å². The van der Waals surface area contributed by atoms with Gasteiger partial charge in [-0.15, -0.1) is 0 Å². The smallest absolute Gasteiger partial charge is 0.308 e. The molecule has 2 atom stereocenters. The lowest BCUT2D eigenvalue weighted by atomic mass is 9.95. The fourth-order valence-corrected chi connectivity index (χ4v) is 2.00. The molecular formula is C13H20N2O4. The molecule has 1 amide bonds. The van der Waals surface area contributed by atoms with E-state index in [1.165, 1.54) is 7.11 Å². The van der Waals surface area contributed by atoms with E-state index in [0.29, 0.717) is 19.7 Å². The molecule has 1 aliphatic heterocycles. The molecule has 6 nitrogen and oxygen atoms in total. The largest absolute Gasteiger partial charge is 0.469 e. The predicted molar refractivity (Wildman–Crippen MR) is 66.9 cm³/mol. The number of ether oxygens (including phenoxy) is 2. The van der Waals surface area contributed by atoms with Crippen molar-refractivity contribution in [3.8, 4) is 6.07 Å². The summed E-state index contributed by atoms with van der Waals surface area (Å²) in [4.78, 5) is 25.0. The molecule has 0 aliphatic carbocycles. The first-order valence-corrected chi connectivity index (χ1v) is 6.36. The van der Waals surface area contributed by atoms with E-state index in [1.807, 2.05) is 19.9 Å². The number of nitriles is 1. The molecule has 1 saturated heterocycles. The summed E-state index contributed by atoms with van der Waals surface area (Å²) in [7, 11) is 1.32. The van der Waals surface area contributed by atoms with Crippen molar-refractivity contribution >= 4 is 11.9 Å². The molecule has 0 aromatic carbocycles. The van der Waals surface area contributed by atoms with Crippen LogP contribution < -0.4 is 0 Å². The summed E-state index contributed by atoms with van der Waals surface area (Å²) in [5, 5.41) is 9.04. The van der Waals surface area contributed by atoms with E-state index < -0.39 is 5.92 Å². The van der Waals surface area contributed by atoms with Crippen LogP contribution >= 0.6 is 0 Å². The number of rotatable bonds is 4. The van der Waals surface area contributed by atoms with Gasteiger partial charge in [-0.1, -0.05) is 13.8 Å². The van der Waals surface area contributed by atoms with E-state index in [-0.39, 0.29) is 30.3 Å². The second kappa shape index (κ2) is 7.10. The average molecular weight is 268 g/mol. The highest BCUT2D eigenvalue weighted by molar-refractivity contribution is 5.81. The molecule has 106 valence electrons. The number of carbonyl (C=O) groups is 2. The van der Waals surface area contributed by atoms with Crippen molar-refractivity contribution in [2.24, 2.45) is 11.8 Å². The summed E-state index contributed by atoms with van der Waals surface area (Å²) in [5.74, 6) is -1.22. The van der Waals surface area contributed by atoms with Crippen LogP contribution in [0.3, 0.4) is 0 Å². The van der Waals surface area contributed by atoms with Crippen LogP contribution in [0.15, 0.2) is 0 Å². The summed E-state index contributed by atoms with van der Waals surface area (Å²) >= 11 is 0. The minimum Gasteiger partial charge on any atom is -0.469 e. The van der Waals surface area contributed by atoms with Crippen LogP contribution in [0.25, 0.3) is 0 Å². The molecule has 0 radical (unpaired) electrons. The number of hydrogen-bond donors (Lipinski definition) is 0. The van der Waals surface area contributed by atoms with Crippen LogP contribution in [0.1, 0.15) is 20.3 Å². The van der Waals surface area contributed by atoms with E-state index in [1.54, 1.807) is 4.90 Å². The molecule has 1 rings (SSSR count). The summed E-state index contributed by atoms with van der Waals surface area (Å²) in [6.07, 6.45) is -0.226. The summed E-state index contributed by atoms with van der Waals surface area (Å²) in [5.41, 5.74) is 0. The Morgan fingerprint density at radius 3 is 2.74 bits per heavy atom. The number of morpholine rings is 1. The molecule has 0 N–H and O–H groups in total. The number of carbonyl (C=O) groups excluding carboxylic acids is 2. The first kappa shape index (κ1) is 15.4. The highest BCUT2D eigenvalue weighted by Gasteiger charge is 2.31. The van der Waals surface area contributed by atoms with Gasteiger partial charge in [0.25, 0.3) is 0 Å². The van der Waals surface area contributed by atoms with E-state index in [4.69, 9.17) is 10.00 Å². The fraction of sp³-hybridized carbons (Fsp3) is 0.769. The van der Waals surface area contributed by atoms with Crippen molar-refractivity contribution in [2.45, 2.75) is 26.4 Å². The van der Waals surface area contributed by atoms with Gasteiger partial charge in [-0.25, -0.2) is 0 Å². The van der Waals surface area contributed by atoms with Crippen molar-refractivity contribution in [1.82, 2.24) is 4.90 Å².